The maximum absolute atomic E-state index is 11.4. The highest BCUT2D eigenvalue weighted by atomic mass is 32.2. The van der Waals surface area contributed by atoms with E-state index in [2.05, 4.69) is 15.1 Å². The highest BCUT2D eigenvalue weighted by Crippen LogP contribution is 2.16. The molecule has 0 saturated carbocycles. The summed E-state index contributed by atoms with van der Waals surface area (Å²) in [6.07, 6.45) is 0.806. The number of sulfone groups is 1. The molecule has 2 aliphatic heterocycles. The van der Waals surface area contributed by atoms with Gasteiger partial charge in [0.1, 0.15) is 0 Å². The van der Waals surface area contributed by atoms with Gasteiger partial charge in [0, 0.05) is 45.3 Å². The van der Waals surface area contributed by atoms with E-state index in [9.17, 15) is 8.42 Å². The summed E-state index contributed by atoms with van der Waals surface area (Å²) in [6, 6.07) is 0.239. The fraction of sp³-hybridized carbons (Fsp3) is 1.00. The van der Waals surface area contributed by atoms with Crippen LogP contribution in [0, 0.1) is 0 Å². The monoisotopic (exact) mass is 261 g/mol. The number of likely N-dealkylation sites (N-methyl/N-ethyl adjacent to an activating group) is 1. The fourth-order valence-electron chi connectivity index (χ4n) is 2.54. The molecular formula is C11H23N3O2S. The minimum atomic E-state index is -2.75. The fourth-order valence-corrected chi connectivity index (χ4v) is 4.34. The molecule has 17 heavy (non-hydrogen) atoms. The predicted octanol–water partition coefficient (Wildman–Crippen LogP) is -0.989. The lowest BCUT2D eigenvalue weighted by molar-refractivity contribution is 0.184. The summed E-state index contributed by atoms with van der Waals surface area (Å²) in [7, 11) is -0.700. The second-order valence-corrected chi connectivity index (χ2v) is 7.36. The zero-order valence-electron chi connectivity index (χ0n) is 10.6. The van der Waals surface area contributed by atoms with Crippen molar-refractivity contribution in [3.63, 3.8) is 0 Å². The Kier molecular flexibility index (Phi) is 4.41. The van der Waals surface area contributed by atoms with E-state index >= 15 is 0 Å². The van der Waals surface area contributed by atoms with Gasteiger partial charge in [0.25, 0.3) is 0 Å². The average molecular weight is 261 g/mol. The Morgan fingerprint density at radius 1 is 1.35 bits per heavy atom. The van der Waals surface area contributed by atoms with Crippen molar-refractivity contribution >= 4 is 9.84 Å². The number of piperazine rings is 1. The summed E-state index contributed by atoms with van der Waals surface area (Å²) in [6.45, 7) is 6.38. The first kappa shape index (κ1) is 13.3. The first-order chi connectivity index (χ1) is 8.07. The lowest BCUT2D eigenvalue weighted by Gasteiger charge is -2.30. The highest BCUT2D eigenvalue weighted by molar-refractivity contribution is 7.91. The molecule has 2 saturated heterocycles. The van der Waals surface area contributed by atoms with E-state index < -0.39 is 9.84 Å². The quantitative estimate of drug-likeness (QED) is 0.704. The van der Waals surface area contributed by atoms with Crippen molar-refractivity contribution in [1.29, 1.82) is 0 Å². The Morgan fingerprint density at radius 2 is 2.06 bits per heavy atom. The van der Waals surface area contributed by atoms with Gasteiger partial charge in [-0.3, -0.25) is 4.90 Å². The summed E-state index contributed by atoms with van der Waals surface area (Å²) in [4.78, 5) is 4.66. The zero-order valence-corrected chi connectivity index (χ0v) is 11.4. The van der Waals surface area contributed by atoms with Crippen LogP contribution in [0.4, 0.5) is 0 Å². The molecule has 0 aromatic carbocycles. The van der Waals surface area contributed by atoms with Crippen molar-refractivity contribution in [2.45, 2.75) is 12.5 Å². The van der Waals surface area contributed by atoms with Crippen LogP contribution in [0.5, 0.6) is 0 Å². The predicted molar refractivity (Wildman–Crippen MR) is 69.0 cm³/mol. The van der Waals surface area contributed by atoms with E-state index in [-0.39, 0.29) is 6.04 Å². The molecule has 2 heterocycles. The van der Waals surface area contributed by atoms with Crippen LogP contribution in [0.15, 0.2) is 0 Å². The van der Waals surface area contributed by atoms with Gasteiger partial charge in [-0.15, -0.1) is 0 Å². The molecule has 0 aromatic heterocycles. The van der Waals surface area contributed by atoms with Crippen molar-refractivity contribution in [2.75, 3.05) is 57.8 Å². The summed E-state index contributed by atoms with van der Waals surface area (Å²) in [5.41, 5.74) is 0. The first-order valence-corrected chi connectivity index (χ1v) is 8.23. The van der Waals surface area contributed by atoms with Crippen molar-refractivity contribution in [2.24, 2.45) is 0 Å². The van der Waals surface area contributed by atoms with Crippen molar-refractivity contribution in [3.8, 4) is 0 Å². The minimum absolute atomic E-state index is 0.239. The van der Waals surface area contributed by atoms with Crippen LogP contribution in [0.25, 0.3) is 0 Å². The van der Waals surface area contributed by atoms with Gasteiger partial charge in [0.15, 0.2) is 9.84 Å². The highest BCUT2D eigenvalue weighted by Gasteiger charge is 2.30. The molecule has 100 valence electrons. The molecule has 1 N–H and O–H groups in total. The maximum atomic E-state index is 11.4. The van der Waals surface area contributed by atoms with E-state index in [1.54, 1.807) is 0 Å². The molecular weight excluding hydrogens is 238 g/mol. The standard InChI is InChI=1S/C11H23N3O2S/c1-13(11-2-9-17(15,16)10-11)7-8-14-5-3-12-4-6-14/h11-12H,2-10H2,1H3. The Hall–Kier alpha value is -0.170. The van der Waals surface area contributed by atoms with Crippen molar-refractivity contribution in [1.82, 2.24) is 15.1 Å². The molecule has 0 aromatic rings. The van der Waals surface area contributed by atoms with Crippen molar-refractivity contribution < 1.29 is 8.42 Å². The second-order valence-electron chi connectivity index (χ2n) is 5.13. The van der Waals surface area contributed by atoms with Gasteiger partial charge >= 0.3 is 0 Å². The Bertz CT molecular complexity index is 339. The topological polar surface area (TPSA) is 52.6 Å². The third-order valence-corrected chi connectivity index (χ3v) is 5.56. The lowest BCUT2D eigenvalue weighted by Crippen LogP contribution is -2.47. The van der Waals surface area contributed by atoms with Gasteiger partial charge in [-0.05, 0) is 13.5 Å². The van der Waals surface area contributed by atoms with E-state index in [4.69, 9.17) is 0 Å². The maximum Gasteiger partial charge on any atom is 0.151 e. The molecule has 0 spiro atoms. The minimum Gasteiger partial charge on any atom is -0.314 e. The molecule has 2 fully saturated rings. The molecule has 0 radical (unpaired) electrons. The van der Waals surface area contributed by atoms with E-state index in [1.807, 2.05) is 7.05 Å². The number of hydrogen-bond donors (Lipinski definition) is 1. The largest absolute Gasteiger partial charge is 0.314 e. The molecule has 1 unspecified atom stereocenters. The van der Waals surface area contributed by atoms with Gasteiger partial charge in [0.2, 0.25) is 0 Å². The molecule has 0 aliphatic carbocycles. The number of rotatable bonds is 4. The van der Waals surface area contributed by atoms with Crippen molar-refractivity contribution in [3.05, 3.63) is 0 Å². The number of nitrogens with zero attached hydrogens (tertiary/aromatic N) is 2. The van der Waals surface area contributed by atoms with E-state index in [0.717, 1.165) is 45.7 Å². The zero-order chi connectivity index (χ0) is 12.3. The molecule has 2 rings (SSSR count). The number of hydrogen-bond acceptors (Lipinski definition) is 5. The normalized spacial score (nSPS) is 29.9. The molecule has 6 heteroatoms. The van der Waals surface area contributed by atoms with Gasteiger partial charge in [-0.1, -0.05) is 0 Å². The van der Waals surface area contributed by atoms with Crippen LogP contribution >= 0.6 is 0 Å². The van der Waals surface area contributed by atoms with Crippen LogP contribution in [-0.4, -0.2) is 82.1 Å². The Labute approximate surface area is 104 Å². The third kappa shape index (κ3) is 3.91. The number of nitrogens with one attached hydrogen (secondary N) is 1. The summed E-state index contributed by atoms with van der Waals surface area (Å²) >= 11 is 0. The smallest absolute Gasteiger partial charge is 0.151 e. The third-order valence-electron chi connectivity index (χ3n) is 3.81. The Balaban J connectivity index is 1.72. The van der Waals surface area contributed by atoms with Crippen LogP contribution in [-0.2, 0) is 9.84 Å². The average Bonchev–Trinajstić information content (AvgIpc) is 2.68. The summed E-state index contributed by atoms with van der Waals surface area (Å²) in [5.74, 6) is 0.723. The van der Waals surface area contributed by atoms with Crippen LogP contribution in [0.2, 0.25) is 0 Å². The van der Waals surface area contributed by atoms with E-state index in [1.165, 1.54) is 0 Å². The molecule has 2 aliphatic rings. The summed E-state index contributed by atoms with van der Waals surface area (Å²) < 4.78 is 22.8. The molecule has 0 amide bonds. The molecule has 1 atom stereocenters. The van der Waals surface area contributed by atoms with Crippen LogP contribution in [0.3, 0.4) is 0 Å². The SMILES string of the molecule is CN(CCN1CCNCC1)C1CCS(=O)(=O)C1. The van der Waals surface area contributed by atoms with Crippen LogP contribution < -0.4 is 5.32 Å². The van der Waals surface area contributed by atoms with Gasteiger partial charge < -0.3 is 10.2 Å². The molecule has 0 bridgehead atoms. The lowest BCUT2D eigenvalue weighted by atomic mass is 10.2. The first-order valence-electron chi connectivity index (χ1n) is 6.40. The summed E-state index contributed by atoms with van der Waals surface area (Å²) in [5, 5.41) is 3.33. The second kappa shape index (κ2) is 5.65. The molecule has 5 nitrogen and oxygen atoms in total. The van der Waals surface area contributed by atoms with Gasteiger partial charge in [-0.25, -0.2) is 8.42 Å². The van der Waals surface area contributed by atoms with Gasteiger partial charge in [-0.2, -0.15) is 0 Å². The van der Waals surface area contributed by atoms with E-state index in [0.29, 0.717) is 11.5 Å². The Morgan fingerprint density at radius 3 is 2.65 bits per heavy atom. The van der Waals surface area contributed by atoms with Crippen LogP contribution in [0.1, 0.15) is 6.42 Å². The van der Waals surface area contributed by atoms with Gasteiger partial charge in [0.05, 0.1) is 11.5 Å².